The highest BCUT2D eigenvalue weighted by Crippen LogP contribution is 2.23. The Hall–Kier alpha value is -2.22. The van der Waals surface area contributed by atoms with Crippen LogP contribution in [0.25, 0.3) is 0 Å². The molecule has 0 radical (unpaired) electrons. The van der Waals surface area contributed by atoms with Gasteiger partial charge in [-0.3, -0.25) is 0 Å². The van der Waals surface area contributed by atoms with E-state index in [1.54, 1.807) is 24.4 Å². The summed E-state index contributed by atoms with van der Waals surface area (Å²) in [6.07, 6.45) is 2.19. The normalized spacial score (nSPS) is 19.2. The Morgan fingerprint density at radius 1 is 1.38 bits per heavy atom. The molecule has 2 aromatic rings. The highest BCUT2D eigenvalue weighted by molar-refractivity contribution is 7.91. The Bertz CT molecular complexity index is 828. The monoisotopic (exact) mass is 350 g/mol. The fourth-order valence-corrected chi connectivity index (χ4v) is 4.59. The molecule has 1 aromatic carbocycles. The van der Waals surface area contributed by atoms with E-state index >= 15 is 0 Å². The maximum atomic E-state index is 13.3. The van der Waals surface area contributed by atoms with Crippen molar-refractivity contribution in [3.05, 3.63) is 42.3 Å². The Morgan fingerprint density at radius 2 is 2.21 bits per heavy atom. The molecule has 0 spiro atoms. The molecule has 1 aliphatic heterocycles. The standard InChI is InChI=1S/C16H19FN4O2S/c1-2-21(14-7-9-24(22,23)11-14)16-18-8-6-15(20-16)19-13-5-3-4-12(17)10-13/h3-6,8,10,14H,2,7,9,11H2,1H3,(H,18,19,20). The Labute approximate surface area is 140 Å². The van der Waals surface area contributed by atoms with Gasteiger partial charge in [0.1, 0.15) is 11.6 Å². The molecular formula is C16H19FN4O2S. The van der Waals surface area contributed by atoms with Gasteiger partial charge < -0.3 is 10.2 Å². The number of aromatic nitrogens is 2. The van der Waals surface area contributed by atoms with Crippen molar-refractivity contribution in [1.82, 2.24) is 9.97 Å². The Balaban J connectivity index is 1.81. The van der Waals surface area contributed by atoms with Gasteiger partial charge in [-0.25, -0.2) is 17.8 Å². The third-order valence-electron chi connectivity index (χ3n) is 3.99. The molecule has 1 saturated heterocycles. The molecule has 0 saturated carbocycles. The van der Waals surface area contributed by atoms with Crippen LogP contribution in [0.15, 0.2) is 36.5 Å². The third kappa shape index (κ3) is 3.81. The molecule has 1 N–H and O–H groups in total. The van der Waals surface area contributed by atoms with Crippen molar-refractivity contribution in [2.75, 3.05) is 28.3 Å². The van der Waals surface area contributed by atoms with Crippen LogP contribution < -0.4 is 10.2 Å². The van der Waals surface area contributed by atoms with Crippen molar-refractivity contribution in [3.8, 4) is 0 Å². The number of benzene rings is 1. The Kier molecular flexibility index (Phi) is 4.66. The van der Waals surface area contributed by atoms with Gasteiger partial charge in [-0.15, -0.1) is 0 Å². The molecule has 6 nitrogen and oxygen atoms in total. The van der Waals surface area contributed by atoms with Crippen LogP contribution in [0.4, 0.5) is 21.8 Å². The second kappa shape index (κ2) is 6.72. The van der Waals surface area contributed by atoms with Gasteiger partial charge in [-0.2, -0.15) is 4.98 Å². The molecular weight excluding hydrogens is 331 g/mol. The largest absolute Gasteiger partial charge is 0.340 e. The van der Waals surface area contributed by atoms with E-state index in [2.05, 4.69) is 15.3 Å². The zero-order valence-corrected chi connectivity index (χ0v) is 14.1. The first-order valence-corrected chi connectivity index (χ1v) is 9.62. The summed E-state index contributed by atoms with van der Waals surface area (Å²) in [4.78, 5) is 10.6. The van der Waals surface area contributed by atoms with Gasteiger partial charge in [-0.05, 0) is 37.6 Å². The van der Waals surface area contributed by atoms with Crippen molar-refractivity contribution in [2.45, 2.75) is 19.4 Å². The molecule has 128 valence electrons. The van der Waals surface area contributed by atoms with Gasteiger partial charge >= 0.3 is 0 Å². The number of hydrogen-bond donors (Lipinski definition) is 1. The summed E-state index contributed by atoms with van der Waals surface area (Å²) in [6.45, 7) is 2.56. The van der Waals surface area contributed by atoms with Crippen molar-refractivity contribution < 1.29 is 12.8 Å². The molecule has 0 bridgehead atoms. The van der Waals surface area contributed by atoms with Gasteiger partial charge in [0.25, 0.3) is 0 Å². The molecule has 24 heavy (non-hydrogen) atoms. The van der Waals surface area contributed by atoms with Crippen LogP contribution in [-0.4, -0.2) is 42.5 Å². The Morgan fingerprint density at radius 3 is 2.88 bits per heavy atom. The number of halogens is 1. The van der Waals surface area contributed by atoms with Crippen LogP contribution in [0.2, 0.25) is 0 Å². The van der Waals surface area contributed by atoms with Crippen LogP contribution in [0.1, 0.15) is 13.3 Å². The minimum Gasteiger partial charge on any atom is -0.340 e. The third-order valence-corrected chi connectivity index (χ3v) is 5.74. The lowest BCUT2D eigenvalue weighted by Crippen LogP contribution is -2.37. The van der Waals surface area contributed by atoms with Gasteiger partial charge in [0.05, 0.1) is 11.5 Å². The smallest absolute Gasteiger partial charge is 0.227 e. The molecule has 1 aliphatic rings. The predicted molar refractivity (Wildman–Crippen MR) is 91.8 cm³/mol. The van der Waals surface area contributed by atoms with E-state index in [4.69, 9.17) is 0 Å². The first-order valence-electron chi connectivity index (χ1n) is 7.79. The molecule has 3 rings (SSSR count). The SMILES string of the molecule is CCN(c1nccc(Nc2cccc(F)c2)n1)C1CCS(=O)(=O)C1. The number of hydrogen-bond acceptors (Lipinski definition) is 6. The number of nitrogens with zero attached hydrogens (tertiary/aromatic N) is 3. The first-order chi connectivity index (χ1) is 11.5. The van der Waals surface area contributed by atoms with E-state index in [0.29, 0.717) is 30.4 Å². The summed E-state index contributed by atoms with van der Waals surface area (Å²) in [6, 6.07) is 7.68. The minimum absolute atomic E-state index is 0.107. The topological polar surface area (TPSA) is 75.2 Å². The second-order valence-corrected chi connectivity index (χ2v) is 7.95. The zero-order chi connectivity index (χ0) is 17.2. The van der Waals surface area contributed by atoms with Crippen molar-refractivity contribution in [3.63, 3.8) is 0 Å². The van der Waals surface area contributed by atoms with Gasteiger partial charge in [-0.1, -0.05) is 6.07 Å². The van der Waals surface area contributed by atoms with Gasteiger partial charge in [0.15, 0.2) is 9.84 Å². The van der Waals surface area contributed by atoms with Crippen molar-refractivity contribution in [2.24, 2.45) is 0 Å². The summed E-state index contributed by atoms with van der Waals surface area (Å²) in [7, 11) is -2.98. The van der Waals surface area contributed by atoms with Crippen LogP contribution in [-0.2, 0) is 9.84 Å². The van der Waals surface area contributed by atoms with E-state index in [1.165, 1.54) is 12.1 Å². The van der Waals surface area contributed by atoms with Crippen LogP contribution in [0.5, 0.6) is 0 Å². The molecule has 1 fully saturated rings. The lowest BCUT2D eigenvalue weighted by atomic mass is 10.2. The average Bonchev–Trinajstić information content (AvgIpc) is 2.88. The highest BCUT2D eigenvalue weighted by atomic mass is 32.2. The maximum absolute atomic E-state index is 13.3. The van der Waals surface area contributed by atoms with Crippen molar-refractivity contribution in [1.29, 1.82) is 0 Å². The lowest BCUT2D eigenvalue weighted by molar-refractivity contribution is 0.599. The summed E-state index contributed by atoms with van der Waals surface area (Å²) in [5.41, 5.74) is 0.589. The fraction of sp³-hybridized carbons (Fsp3) is 0.375. The predicted octanol–water partition coefficient (Wildman–Crippen LogP) is 2.37. The molecule has 0 amide bonds. The highest BCUT2D eigenvalue weighted by Gasteiger charge is 2.32. The molecule has 8 heteroatoms. The summed E-state index contributed by atoms with van der Waals surface area (Å²) >= 11 is 0. The zero-order valence-electron chi connectivity index (χ0n) is 13.3. The van der Waals surface area contributed by atoms with E-state index in [-0.39, 0.29) is 23.4 Å². The molecule has 1 unspecified atom stereocenters. The number of nitrogens with one attached hydrogen (secondary N) is 1. The van der Waals surface area contributed by atoms with Crippen LogP contribution >= 0.6 is 0 Å². The van der Waals surface area contributed by atoms with Crippen LogP contribution in [0, 0.1) is 5.82 Å². The second-order valence-electron chi connectivity index (χ2n) is 5.72. The molecule has 2 heterocycles. The maximum Gasteiger partial charge on any atom is 0.227 e. The summed E-state index contributed by atoms with van der Waals surface area (Å²) in [5, 5.41) is 3.03. The quantitative estimate of drug-likeness (QED) is 0.892. The average molecular weight is 350 g/mol. The fourth-order valence-electron chi connectivity index (χ4n) is 2.85. The summed E-state index contributed by atoms with van der Waals surface area (Å²) < 4.78 is 36.7. The number of sulfone groups is 1. The van der Waals surface area contributed by atoms with E-state index in [9.17, 15) is 12.8 Å². The first kappa shape index (κ1) is 16.6. The van der Waals surface area contributed by atoms with Crippen LogP contribution in [0.3, 0.4) is 0 Å². The van der Waals surface area contributed by atoms with E-state index in [0.717, 1.165) is 0 Å². The molecule has 1 aromatic heterocycles. The molecule has 1 atom stereocenters. The van der Waals surface area contributed by atoms with Gasteiger partial charge in [0.2, 0.25) is 5.95 Å². The number of anilines is 3. The van der Waals surface area contributed by atoms with E-state index in [1.807, 2.05) is 11.8 Å². The lowest BCUT2D eigenvalue weighted by Gasteiger charge is -2.26. The minimum atomic E-state index is -2.98. The number of rotatable bonds is 5. The van der Waals surface area contributed by atoms with Crippen molar-refractivity contribution >= 4 is 27.3 Å². The van der Waals surface area contributed by atoms with Gasteiger partial charge in [0, 0.05) is 24.5 Å². The summed E-state index contributed by atoms with van der Waals surface area (Å²) in [5.74, 6) is 1.01. The molecule has 0 aliphatic carbocycles. The van der Waals surface area contributed by atoms with E-state index < -0.39 is 9.84 Å².